The number of hydrogen-bond acceptors (Lipinski definition) is 5. The number of carbonyl (C=O) groups excluding carboxylic acids is 1. The monoisotopic (exact) mass is 426 g/mol. The maximum absolute atomic E-state index is 13.1. The molecule has 1 aliphatic heterocycles. The number of carboxylic acid groups (broad SMARTS) is 1. The second-order valence-corrected chi connectivity index (χ2v) is 10.3. The van der Waals surface area contributed by atoms with E-state index < -0.39 is 5.97 Å². The van der Waals surface area contributed by atoms with E-state index in [1.54, 1.807) is 6.92 Å². The van der Waals surface area contributed by atoms with Crippen molar-refractivity contribution in [2.75, 3.05) is 37.6 Å². The van der Waals surface area contributed by atoms with E-state index in [0.717, 1.165) is 43.8 Å². The molecule has 4 saturated carbocycles. The smallest absolute Gasteiger partial charge is 0.307 e. The standard InChI is InChI=1S/C24H34N4O3/c1-15(24(30)31)14-27-5-7-28(8-6-27)21-4-2-3-20(25-21)23(29)26-22-18-10-16-9-17(12-18)13-19(22)11-16/h2-4,15-19,22H,5-14H2,1H3,(H,26,29)(H,30,31). The van der Waals surface area contributed by atoms with Crippen molar-refractivity contribution in [3.05, 3.63) is 23.9 Å². The summed E-state index contributed by atoms with van der Waals surface area (Å²) in [7, 11) is 0. The van der Waals surface area contributed by atoms with Crippen LogP contribution in [0.4, 0.5) is 5.82 Å². The van der Waals surface area contributed by atoms with Gasteiger partial charge in [0, 0.05) is 38.8 Å². The van der Waals surface area contributed by atoms with Crippen LogP contribution in [0.3, 0.4) is 0 Å². The van der Waals surface area contributed by atoms with Gasteiger partial charge >= 0.3 is 5.97 Å². The molecule has 5 fully saturated rings. The van der Waals surface area contributed by atoms with Gasteiger partial charge in [-0.15, -0.1) is 0 Å². The molecule has 2 heterocycles. The fraction of sp³-hybridized carbons (Fsp3) is 0.708. The Morgan fingerprint density at radius 3 is 2.32 bits per heavy atom. The van der Waals surface area contributed by atoms with Crippen LogP contribution in [-0.4, -0.2) is 65.6 Å². The molecule has 6 rings (SSSR count). The van der Waals surface area contributed by atoms with E-state index in [1.807, 2.05) is 18.2 Å². The first-order valence-corrected chi connectivity index (χ1v) is 11.9. The number of nitrogens with one attached hydrogen (secondary N) is 1. The molecule has 2 N–H and O–H groups in total. The summed E-state index contributed by atoms with van der Waals surface area (Å²) in [5, 5.41) is 12.5. The number of piperazine rings is 1. The Morgan fingerprint density at radius 2 is 1.71 bits per heavy atom. The lowest BCUT2D eigenvalue weighted by atomic mass is 9.54. The molecule has 0 radical (unpaired) electrons. The lowest BCUT2D eigenvalue weighted by Crippen LogP contribution is -2.55. The van der Waals surface area contributed by atoms with Crippen LogP contribution in [0.1, 0.15) is 49.5 Å². The summed E-state index contributed by atoms with van der Waals surface area (Å²) in [6.07, 6.45) is 6.57. The fourth-order valence-corrected chi connectivity index (χ4v) is 6.74. The van der Waals surface area contributed by atoms with Gasteiger partial charge in [0.15, 0.2) is 0 Å². The summed E-state index contributed by atoms with van der Waals surface area (Å²) in [5.74, 6) is 2.80. The molecule has 1 atom stereocenters. The van der Waals surface area contributed by atoms with Gasteiger partial charge in [0.2, 0.25) is 0 Å². The maximum Gasteiger partial charge on any atom is 0.307 e. The van der Waals surface area contributed by atoms with Crippen LogP contribution in [0.5, 0.6) is 0 Å². The largest absolute Gasteiger partial charge is 0.481 e. The third kappa shape index (κ3) is 4.29. The van der Waals surface area contributed by atoms with Crippen LogP contribution in [-0.2, 0) is 4.79 Å². The molecule has 1 aromatic heterocycles. The summed E-state index contributed by atoms with van der Waals surface area (Å²) in [6, 6.07) is 6.03. The summed E-state index contributed by atoms with van der Waals surface area (Å²) < 4.78 is 0. The van der Waals surface area contributed by atoms with Crippen LogP contribution in [0.2, 0.25) is 0 Å². The van der Waals surface area contributed by atoms with Gasteiger partial charge in [-0.05, 0) is 67.9 Å². The highest BCUT2D eigenvalue weighted by Crippen LogP contribution is 2.53. The minimum atomic E-state index is -0.748. The highest BCUT2D eigenvalue weighted by atomic mass is 16.4. The number of pyridine rings is 1. The van der Waals surface area contributed by atoms with Crippen LogP contribution < -0.4 is 10.2 Å². The summed E-state index contributed by atoms with van der Waals surface area (Å²) in [6.45, 7) is 5.53. The number of rotatable bonds is 6. The third-order valence-corrected chi connectivity index (χ3v) is 8.14. The number of aliphatic carboxylic acids is 1. The molecule has 168 valence electrons. The number of hydrogen-bond donors (Lipinski definition) is 2. The average molecular weight is 427 g/mol. The van der Waals surface area contributed by atoms with E-state index in [9.17, 15) is 9.59 Å². The van der Waals surface area contributed by atoms with Crippen LogP contribution in [0.15, 0.2) is 18.2 Å². The van der Waals surface area contributed by atoms with Crippen molar-refractivity contribution in [3.8, 4) is 0 Å². The normalized spacial score (nSPS) is 33.3. The van der Waals surface area contributed by atoms with Crippen LogP contribution in [0.25, 0.3) is 0 Å². The summed E-state index contributed by atoms with van der Waals surface area (Å²) in [4.78, 5) is 33.2. The highest BCUT2D eigenvalue weighted by Gasteiger charge is 2.48. The number of carboxylic acids is 1. The zero-order chi connectivity index (χ0) is 21.5. The average Bonchev–Trinajstić information content (AvgIpc) is 2.76. The SMILES string of the molecule is CC(CN1CCN(c2cccc(C(=O)NC3C4CC5CC(C4)CC3C5)n2)CC1)C(=O)O. The van der Waals surface area contributed by atoms with Gasteiger partial charge in [-0.25, -0.2) is 4.98 Å². The third-order valence-electron chi connectivity index (χ3n) is 8.14. The quantitative estimate of drug-likeness (QED) is 0.727. The highest BCUT2D eigenvalue weighted by molar-refractivity contribution is 5.93. The minimum Gasteiger partial charge on any atom is -0.481 e. The molecule has 31 heavy (non-hydrogen) atoms. The van der Waals surface area contributed by atoms with Crippen molar-refractivity contribution in [2.24, 2.45) is 29.6 Å². The maximum atomic E-state index is 13.1. The topological polar surface area (TPSA) is 85.8 Å². The predicted molar refractivity (Wildman–Crippen MR) is 118 cm³/mol. The van der Waals surface area contributed by atoms with Gasteiger partial charge in [0.1, 0.15) is 11.5 Å². The van der Waals surface area contributed by atoms with E-state index in [0.29, 0.717) is 30.1 Å². The molecular formula is C24H34N4O3. The molecule has 1 unspecified atom stereocenters. The first-order valence-electron chi connectivity index (χ1n) is 11.9. The number of aromatic nitrogens is 1. The number of carbonyl (C=O) groups is 2. The minimum absolute atomic E-state index is 0.0340. The zero-order valence-corrected chi connectivity index (χ0v) is 18.4. The van der Waals surface area contributed by atoms with Crippen molar-refractivity contribution in [1.82, 2.24) is 15.2 Å². The van der Waals surface area contributed by atoms with E-state index in [2.05, 4.69) is 15.1 Å². The Morgan fingerprint density at radius 1 is 1.06 bits per heavy atom. The molecule has 1 aromatic rings. The molecule has 1 amide bonds. The Labute approximate surface area is 184 Å². The Kier molecular flexibility index (Phi) is 5.63. The van der Waals surface area contributed by atoms with Crippen molar-refractivity contribution in [2.45, 2.75) is 45.1 Å². The van der Waals surface area contributed by atoms with Crippen LogP contribution >= 0.6 is 0 Å². The van der Waals surface area contributed by atoms with Crippen molar-refractivity contribution >= 4 is 17.7 Å². The number of amides is 1. The van der Waals surface area contributed by atoms with Gasteiger partial charge in [-0.2, -0.15) is 0 Å². The first kappa shape index (κ1) is 20.7. The number of anilines is 1. The van der Waals surface area contributed by atoms with E-state index in [1.165, 1.54) is 32.1 Å². The summed E-state index contributed by atoms with van der Waals surface area (Å²) >= 11 is 0. The molecule has 4 aliphatic carbocycles. The van der Waals surface area contributed by atoms with Crippen molar-refractivity contribution in [1.29, 1.82) is 0 Å². The molecule has 7 nitrogen and oxygen atoms in total. The molecular weight excluding hydrogens is 392 g/mol. The second-order valence-electron chi connectivity index (χ2n) is 10.3. The first-order chi connectivity index (χ1) is 15.0. The van der Waals surface area contributed by atoms with Crippen LogP contribution in [0, 0.1) is 29.6 Å². The fourth-order valence-electron chi connectivity index (χ4n) is 6.74. The molecule has 0 aromatic carbocycles. The van der Waals surface area contributed by atoms with E-state index in [4.69, 9.17) is 10.1 Å². The Balaban J connectivity index is 1.19. The second kappa shape index (κ2) is 8.41. The lowest BCUT2D eigenvalue weighted by Gasteiger charge is -2.54. The van der Waals surface area contributed by atoms with Gasteiger partial charge in [-0.3, -0.25) is 14.5 Å². The lowest BCUT2D eigenvalue weighted by molar-refractivity contribution is -0.141. The van der Waals surface area contributed by atoms with Crippen molar-refractivity contribution < 1.29 is 14.7 Å². The van der Waals surface area contributed by atoms with Gasteiger partial charge < -0.3 is 15.3 Å². The van der Waals surface area contributed by atoms with E-state index >= 15 is 0 Å². The molecule has 1 saturated heterocycles. The van der Waals surface area contributed by atoms with Gasteiger partial charge in [-0.1, -0.05) is 13.0 Å². The van der Waals surface area contributed by atoms with Crippen molar-refractivity contribution in [3.63, 3.8) is 0 Å². The predicted octanol–water partition coefficient (Wildman–Crippen LogP) is 2.48. The molecule has 4 bridgehead atoms. The van der Waals surface area contributed by atoms with Gasteiger partial charge in [0.25, 0.3) is 5.91 Å². The Hall–Kier alpha value is -2.15. The molecule has 7 heteroatoms. The zero-order valence-electron chi connectivity index (χ0n) is 18.4. The Bertz CT molecular complexity index is 808. The molecule has 5 aliphatic rings. The van der Waals surface area contributed by atoms with Gasteiger partial charge in [0.05, 0.1) is 5.92 Å². The number of nitrogens with zero attached hydrogens (tertiary/aromatic N) is 3. The summed E-state index contributed by atoms with van der Waals surface area (Å²) in [5.41, 5.74) is 0.508. The van der Waals surface area contributed by atoms with E-state index in [-0.39, 0.29) is 11.8 Å². The molecule has 0 spiro atoms.